The summed E-state index contributed by atoms with van der Waals surface area (Å²) in [6.45, 7) is 0. The molecule has 1 aromatic rings. The average molecular weight is 266 g/mol. The minimum absolute atomic E-state index is 0.673. The van der Waals surface area contributed by atoms with Crippen molar-refractivity contribution in [3.63, 3.8) is 0 Å². The fraction of sp³-hybridized carbons (Fsp3) is 0.111. The van der Waals surface area contributed by atoms with Crippen molar-refractivity contribution in [1.82, 2.24) is 0 Å². The lowest BCUT2D eigenvalue weighted by molar-refractivity contribution is 1.28. The first-order chi connectivity index (χ1) is 5.74. The number of allylic oxidation sites excluding steroid dienone is 1. The summed E-state index contributed by atoms with van der Waals surface area (Å²) < 4.78 is 0. The van der Waals surface area contributed by atoms with Gasteiger partial charge in [-0.25, -0.2) is 0 Å². The van der Waals surface area contributed by atoms with Gasteiger partial charge in [-0.2, -0.15) is 0 Å². The molecular formula is C9H7BrCl2. The molecule has 64 valence electrons. The van der Waals surface area contributed by atoms with Crippen molar-refractivity contribution in [3.05, 3.63) is 44.9 Å². The van der Waals surface area contributed by atoms with Crippen LogP contribution >= 0.6 is 39.1 Å². The fourth-order valence-corrected chi connectivity index (χ4v) is 1.53. The Kier molecular flexibility index (Phi) is 4.13. The van der Waals surface area contributed by atoms with Crippen LogP contribution in [0.3, 0.4) is 0 Å². The number of hydrogen-bond donors (Lipinski definition) is 0. The van der Waals surface area contributed by atoms with E-state index in [2.05, 4.69) is 15.9 Å². The largest absolute Gasteiger partial charge is 0.0843 e. The van der Waals surface area contributed by atoms with Crippen LogP contribution in [0.15, 0.2) is 29.3 Å². The van der Waals surface area contributed by atoms with Crippen LogP contribution in [0.1, 0.15) is 5.56 Å². The van der Waals surface area contributed by atoms with Crippen LogP contribution in [0, 0.1) is 0 Å². The van der Waals surface area contributed by atoms with Crippen LogP contribution in [0.2, 0.25) is 10.0 Å². The topological polar surface area (TPSA) is 0 Å². The lowest BCUT2D eigenvalue weighted by Gasteiger charge is -1.99. The lowest BCUT2D eigenvalue weighted by Crippen LogP contribution is -1.81. The highest BCUT2D eigenvalue weighted by molar-refractivity contribution is 9.11. The molecule has 0 saturated carbocycles. The summed E-state index contributed by atoms with van der Waals surface area (Å²) in [4.78, 5) is 1.82. The van der Waals surface area contributed by atoms with Crippen LogP contribution in [-0.2, 0) is 6.42 Å². The zero-order valence-electron chi connectivity index (χ0n) is 6.23. The zero-order valence-corrected chi connectivity index (χ0v) is 9.33. The predicted molar refractivity (Wildman–Crippen MR) is 58.2 cm³/mol. The van der Waals surface area contributed by atoms with Crippen LogP contribution in [-0.4, -0.2) is 0 Å². The van der Waals surface area contributed by atoms with E-state index in [1.165, 1.54) is 0 Å². The summed E-state index contributed by atoms with van der Waals surface area (Å²) in [5, 5.41) is 1.39. The molecule has 12 heavy (non-hydrogen) atoms. The molecule has 0 aromatic heterocycles. The Morgan fingerprint density at radius 2 is 2.08 bits per heavy atom. The Labute approximate surface area is 90.3 Å². The molecule has 0 radical (unpaired) electrons. The molecule has 0 N–H and O–H groups in total. The molecule has 0 bridgehead atoms. The number of rotatable bonds is 2. The molecule has 0 aliphatic carbocycles. The standard InChI is InChI=1S/C9H7BrCl2/c10-5-1-2-7-3-4-8(11)6-9(7)12/h1,3-6H,2H2/b5-1+. The van der Waals surface area contributed by atoms with E-state index in [0.717, 1.165) is 12.0 Å². The van der Waals surface area contributed by atoms with E-state index < -0.39 is 0 Å². The first kappa shape index (κ1) is 10.1. The molecule has 3 heteroatoms. The molecule has 0 heterocycles. The van der Waals surface area contributed by atoms with E-state index in [1.54, 1.807) is 6.07 Å². The molecule has 0 fully saturated rings. The maximum absolute atomic E-state index is 5.93. The van der Waals surface area contributed by atoms with E-state index in [9.17, 15) is 0 Å². The van der Waals surface area contributed by atoms with Crippen LogP contribution in [0.5, 0.6) is 0 Å². The number of halogens is 3. The Hall–Kier alpha value is 0.0200. The second kappa shape index (κ2) is 4.90. The first-order valence-electron chi connectivity index (χ1n) is 3.43. The summed E-state index contributed by atoms with van der Waals surface area (Å²) in [6.07, 6.45) is 2.80. The zero-order chi connectivity index (χ0) is 8.97. The third kappa shape index (κ3) is 2.81. The van der Waals surface area contributed by atoms with Gasteiger partial charge in [0, 0.05) is 10.0 Å². The molecule has 0 amide bonds. The summed E-state index contributed by atoms with van der Waals surface area (Å²) in [7, 11) is 0. The van der Waals surface area contributed by atoms with Gasteiger partial charge in [0.05, 0.1) is 0 Å². The quantitative estimate of drug-likeness (QED) is 0.742. The van der Waals surface area contributed by atoms with Crippen LogP contribution in [0.4, 0.5) is 0 Å². The summed E-state index contributed by atoms with van der Waals surface area (Å²) in [6, 6.07) is 5.52. The van der Waals surface area contributed by atoms with Crippen molar-refractivity contribution >= 4 is 39.1 Å². The van der Waals surface area contributed by atoms with Crippen molar-refractivity contribution in [1.29, 1.82) is 0 Å². The Bertz CT molecular complexity index is 295. The molecular weight excluding hydrogens is 259 g/mol. The number of hydrogen-bond acceptors (Lipinski definition) is 0. The van der Waals surface area contributed by atoms with Gasteiger partial charge in [-0.05, 0) is 29.1 Å². The van der Waals surface area contributed by atoms with Gasteiger partial charge in [0.2, 0.25) is 0 Å². The van der Waals surface area contributed by atoms with Gasteiger partial charge in [0.25, 0.3) is 0 Å². The van der Waals surface area contributed by atoms with Crippen molar-refractivity contribution in [2.24, 2.45) is 0 Å². The summed E-state index contributed by atoms with van der Waals surface area (Å²) in [5.74, 6) is 0. The molecule has 0 unspecified atom stereocenters. The van der Waals surface area contributed by atoms with Crippen molar-refractivity contribution in [2.45, 2.75) is 6.42 Å². The highest BCUT2D eigenvalue weighted by Crippen LogP contribution is 2.21. The monoisotopic (exact) mass is 264 g/mol. The summed E-state index contributed by atoms with van der Waals surface area (Å²) >= 11 is 14.9. The van der Waals surface area contributed by atoms with Gasteiger partial charge in [0.15, 0.2) is 0 Å². The van der Waals surface area contributed by atoms with Gasteiger partial charge in [0.1, 0.15) is 0 Å². The van der Waals surface area contributed by atoms with Gasteiger partial charge >= 0.3 is 0 Å². The molecule has 0 saturated heterocycles. The van der Waals surface area contributed by atoms with Crippen molar-refractivity contribution < 1.29 is 0 Å². The average Bonchev–Trinajstić information content (AvgIpc) is 2.03. The predicted octanol–water partition coefficient (Wildman–Crippen LogP) is 4.44. The fourth-order valence-electron chi connectivity index (χ4n) is 0.859. The normalized spacial score (nSPS) is 10.9. The van der Waals surface area contributed by atoms with E-state index in [-0.39, 0.29) is 0 Å². The van der Waals surface area contributed by atoms with Gasteiger partial charge < -0.3 is 0 Å². The molecule has 0 nitrogen and oxygen atoms in total. The Morgan fingerprint density at radius 1 is 1.33 bits per heavy atom. The maximum Gasteiger partial charge on any atom is 0.0455 e. The Morgan fingerprint density at radius 3 is 2.67 bits per heavy atom. The molecule has 0 atom stereocenters. The lowest BCUT2D eigenvalue weighted by atomic mass is 10.1. The van der Waals surface area contributed by atoms with E-state index >= 15 is 0 Å². The molecule has 0 aliphatic rings. The minimum Gasteiger partial charge on any atom is -0.0843 e. The van der Waals surface area contributed by atoms with Crippen molar-refractivity contribution in [2.75, 3.05) is 0 Å². The molecule has 1 rings (SSSR count). The van der Waals surface area contributed by atoms with E-state index in [4.69, 9.17) is 23.2 Å². The van der Waals surface area contributed by atoms with E-state index in [1.807, 2.05) is 23.2 Å². The minimum atomic E-state index is 0.673. The van der Waals surface area contributed by atoms with Gasteiger partial charge in [-0.15, -0.1) is 0 Å². The highest BCUT2D eigenvalue weighted by atomic mass is 79.9. The maximum atomic E-state index is 5.93. The molecule has 0 spiro atoms. The van der Waals surface area contributed by atoms with Gasteiger partial charge in [-0.1, -0.05) is 51.3 Å². The van der Waals surface area contributed by atoms with Crippen molar-refractivity contribution in [3.8, 4) is 0 Å². The highest BCUT2D eigenvalue weighted by Gasteiger charge is 1.97. The molecule has 1 aromatic carbocycles. The smallest absolute Gasteiger partial charge is 0.0455 e. The number of benzene rings is 1. The third-order valence-electron chi connectivity index (χ3n) is 1.44. The second-order valence-electron chi connectivity index (χ2n) is 2.30. The summed E-state index contributed by atoms with van der Waals surface area (Å²) in [5.41, 5.74) is 1.08. The second-order valence-corrected chi connectivity index (χ2v) is 3.67. The molecule has 0 aliphatic heterocycles. The van der Waals surface area contributed by atoms with E-state index in [0.29, 0.717) is 10.0 Å². The first-order valence-corrected chi connectivity index (χ1v) is 5.10. The van der Waals surface area contributed by atoms with Crippen LogP contribution < -0.4 is 0 Å². The third-order valence-corrected chi connectivity index (χ3v) is 2.40. The Balaban J connectivity index is 2.86. The van der Waals surface area contributed by atoms with Crippen LogP contribution in [0.25, 0.3) is 0 Å². The van der Waals surface area contributed by atoms with Gasteiger partial charge in [-0.3, -0.25) is 0 Å². The SMILES string of the molecule is Clc1ccc(C/C=C/Br)c(Cl)c1.